The molecule has 2 amide bonds. The average Bonchev–Trinajstić information content (AvgIpc) is 2.61. The van der Waals surface area contributed by atoms with Crippen LogP contribution < -0.4 is 5.32 Å². The molecule has 5 nitrogen and oxygen atoms in total. The minimum Gasteiger partial charge on any atom is -0.378 e. The van der Waals surface area contributed by atoms with Crippen LogP contribution >= 0.6 is 15.9 Å². The SMILES string of the molecule is O=C(Nc1ccc(C(=O)N2CCOCC2)cc1)c1cc(F)cc(Br)c1. The predicted molar refractivity (Wildman–Crippen MR) is 95.2 cm³/mol. The second kappa shape index (κ2) is 7.76. The molecule has 7 heteroatoms. The normalized spacial score (nSPS) is 14.2. The summed E-state index contributed by atoms with van der Waals surface area (Å²) in [4.78, 5) is 26.3. The molecule has 0 bridgehead atoms. The van der Waals surface area contributed by atoms with Crippen LogP contribution in [0.15, 0.2) is 46.9 Å². The van der Waals surface area contributed by atoms with E-state index < -0.39 is 11.7 Å². The Bertz CT molecular complexity index is 769. The van der Waals surface area contributed by atoms with Gasteiger partial charge in [-0.3, -0.25) is 9.59 Å². The number of rotatable bonds is 3. The predicted octanol–water partition coefficient (Wildman–Crippen LogP) is 3.31. The molecule has 3 rings (SSSR count). The number of amides is 2. The minimum atomic E-state index is -0.494. The maximum absolute atomic E-state index is 13.4. The summed E-state index contributed by atoms with van der Waals surface area (Å²) in [5, 5.41) is 2.69. The molecule has 1 heterocycles. The zero-order valence-electron chi connectivity index (χ0n) is 13.3. The van der Waals surface area contributed by atoms with Gasteiger partial charge >= 0.3 is 0 Å². The number of anilines is 1. The molecule has 0 aromatic heterocycles. The lowest BCUT2D eigenvalue weighted by molar-refractivity contribution is 0.0303. The van der Waals surface area contributed by atoms with Crippen LogP contribution in [0.5, 0.6) is 0 Å². The maximum Gasteiger partial charge on any atom is 0.255 e. The fourth-order valence-electron chi connectivity index (χ4n) is 2.53. The molecule has 25 heavy (non-hydrogen) atoms. The third-order valence-corrected chi connectivity index (χ3v) is 4.27. The van der Waals surface area contributed by atoms with Gasteiger partial charge in [0.05, 0.1) is 13.2 Å². The first kappa shape index (κ1) is 17.6. The molecule has 0 spiro atoms. The van der Waals surface area contributed by atoms with Crippen molar-refractivity contribution in [2.45, 2.75) is 0 Å². The fourth-order valence-corrected chi connectivity index (χ4v) is 3.00. The van der Waals surface area contributed by atoms with E-state index in [2.05, 4.69) is 21.2 Å². The lowest BCUT2D eigenvalue weighted by Crippen LogP contribution is -2.40. The Morgan fingerprint density at radius 2 is 1.72 bits per heavy atom. The molecule has 0 atom stereocenters. The number of carbonyl (C=O) groups excluding carboxylic acids is 2. The standard InChI is InChI=1S/C18H16BrFN2O3/c19-14-9-13(10-15(20)11-14)17(23)21-16-3-1-12(2-4-16)18(24)22-5-7-25-8-6-22/h1-4,9-11H,5-8H2,(H,21,23). The monoisotopic (exact) mass is 406 g/mol. The van der Waals surface area contributed by atoms with Crippen molar-refractivity contribution in [2.24, 2.45) is 0 Å². The van der Waals surface area contributed by atoms with Crippen molar-refractivity contribution in [3.8, 4) is 0 Å². The van der Waals surface area contributed by atoms with Crippen molar-refractivity contribution in [2.75, 3.05) is 31.6 Å². The molecule has 0 aliphatic carbocycles. The summed E-state index contributed by atoms with van der Waals surface area (Å²) in [6.45, 7) is 2.24. The zero-order valence-corrected chi connectivity index (χ0v) is 14.9. The number of hydrogen-bond acceptors (Lipinski definition) is 3. The Morgan fingerprint density at radius 1 is 1.04 bits per heavy atom. The molecule has 2 aromatic carbocycles. The molecule has 0 saturated carbocycles. The first-order valence-electron chi connectivity index (χ1n) is 7.77. The van der Waals surface area contributed by atoms with E-state index in [9.17, 15) is 14.0 Å². The summed E-state index contributed by atoms with van der Waals surface area (Å²) < 4.78 is 19.1. The zero-order chi connectivity index (χ0) is 17.8. The van der Waals surface area contributed by atoms with E-state index >= 15 is 0 Å². The second-order valence-electron chi connectivity index (χ2n) is 5.59. The van der Waals surface area contributed by atoms with E-state index in [0.717, 1.165) is 6.07 Å². The first-order chi connectivity index (χ1) is 12.0. The van der Waals surface area contributed by atoms with Gasteiger partial charge < -0.3 is 15.0 Å². The topological polar surface area (TPSA) is 58.6 Å². The smallest absolute Gasteiger partial charge is 0.255 e. The Labute approximate surface area is 152 Å². The van der Waals surface area contributed by atoms with Crippen molar-refractivity contribution in [3.05, 3.63) is 63.9 Å². The van der Waals surface area contributed by atoms with Crippen LogP contribution in [0, 0.1) is 5.82 Å². The van der Waals surface area contributed by atoms with Crippen LogP contribution in [0.2, 0.25) is 0 Å². The third kappa shape index (κ3) is 4.43. The molecule has 1 aliphatic heterocycles. The molecular formula is C18H16BrFN2O3. The summed E-state index contributed by atoms with van der Waals surface area (Å²) >= 11 is 3.16. The minimum absolute atomic E-state index is 0.0600. The van der Waals surface area contributed by atoms with Crippen molar-refractivity contribution in [1.29, 1.82) is 0 Å². The van der Waals surface area contributed by atoms with Gasteiger partial charge in [0.15, 0.2) is 0 Å². The average molecular weight is 407 g/mol. The first-order valence-corrected chi connectivity index (χ1v) is 8.57. The van der Waals surface area contributed by atoms with E-state index in [4.69, 9.17) is 4.74 Å². The highest BCUT2D eigenvalue weighted by Gasteiger charge is 2.18. The van der Waals surface area contributed by atoms with Crippen molar-refractivity contribution < 1.29 is 18.7 Å². The maximum atomic E-state index is 13.4. The Balaban J connectivity index is 1.67. The highest BCUT2D eigenvalue weighted by atomic mass is 79.9. The number of ether oxygens (including phenoxy) is 1. The molecular weight excluding hydrogens is 391 g/mol. The van der Waals surface area contributed by atoms with Crippen LogP contribution in [0.4, 0.5) is 10.1 Å². The number of hydrogen-bond donors (Lipinski definition) is 1. The number of carbonyl (C=O) groups is 2. The molecule has 2 aromatic rings. The molecule has 130 valence electrons. The number of benzene rings is 2. The molecule has 1 fully saturated rings. The second-order valence-corrected chi connectivity index (χ2v) is 6.51. The van der Waals surface area contributed by atoms with Gasteiger partial charge in [0.2, 0.25) is 0 Å². The molecule has 1 N–H and O–H groups in total. The van der Waals surface area contributed by atoms with E-state index in [1.165, 1.54) is 12.1 Å². The molecule has 1 aliphatic rings. The van der Waals surface area contributed by atoms with Crippen molar-refractivity contribution in [3.63, 3.8) is 0 Å². The molecule has 1 saturated heterocycles. The van der Waals surface area contributed by atoms with Crippen LogP contribution in [0.3, 0.4) is 0 Å². The van der Waals surface area contributed by atoms with Crippen molar-refractivity contribution in [1.82, 2.24) is 4.90 Å². The van der Waals surface area contributed by atoms with Gasteiger partial charge in [-0.25, -0.2) is 4.39 Å². The summed E-state index contributed by atoms with van der Waals surface area (Å²) in [6, 6.07) is 10.6. The Kier molecular flexibility index (Phi) is 5.45. The summed E-state index contributed by atoms with van der Waals surface area (Å²) in [7, 11) is 0. The highest BCUT2D eigenvalue weighted by molar-refractivity contribution is 9.10. The van der Waals surface area contributed by atoms with E-state index in [1.54, 1.807) is 29.2 Å². The van der Waals surface area contributed by atoms with Crippen molar-refractivity contribution >= 4 is 33.4 Å². The lowest BCUT2D eigenvalue weighted by Gasteiger charge is -2.26. The third-order valence-electron chi connectivity index (χ3n) is 3.81. The van der Waals surface area contributed by atoms with Crippen LogP contribution in [0.25, 0.3) is 0 Å². The van der Waals surface area contributed by atoms with Gasteiger partial charge in [-0.05, 0) is 42.5 Å². The van der Waals surface area contributed by atoms with Gasteiger partial charge in [-0.15, -0.1) is 0 Å². The van der Waals surface area contributed by atoms with Gasteiger partial charge in [0.1, 0.15) is 5.82 Å². The lowest BCUT2D eigenvalue weighted by atomic mass is 10.1. The number of halogens is 2. The van der Waals surface area contributed by atoms with E-state index in [0.29, 0.717) is 42.0 Å². The largest absolute Gasteiger partial charge is 0.378 e. The molecule has 0 unspecified atom stereocenters. The Hall–Kier alpha value is -2.25. The van der Waals surface area contributed by atoms with Crippen LogP contribution in [-0.2, 0) is 4.74 Å². The fraction of sp³-hybridized carbons (Fsp3) is 0.222. The number of nitrogens with zero attached hydrogens (tertiary/aromatic N) is 1. The number of nitrogens with one attached hydrogen (secondary N) is 1. The van der Waals surface area contributed by atoms with Gasteiger partial charge in [0, 0.05) is 34.4 Å². The number of morpholine rings is 1. The highest BCUT2D eigenvalue weighted by Crippen LogP contribution is 2.17. The van der Waals surface area contributed by atoms with E-state index in [1.807, 2.05) is 0 Å². The van der Waals surface area contributed by atoms with Crippen LogP contribution in [0.1, 0.15) is 20.7 Å². The molecule has 0 radical (unpaired) electrons. The quantitative estimate of drug-likeness (QED) is 0.850. The summed E-state index contributed by atoms with van der Waals surface area (Å²) in [5.74, 6) is -0.978. The summed E-state index contributed by atoms with van der Waals surface area (Å²) in [6.07, 6.45) is 0. The Morgan fingerprint density at radius 3 is 2.36 bits per heavy atom. The van der Waals surface area contributed by atoms with Gasteiger partial charge in [-0.1, -0.05) is 15.9 Å². The van der Waals surface area contributed by atoms with Crippen LogP contribution in [-0.4, -0.2) is 43.0 Å². The van der Waals surface area contributed by atoms with Gasteiger partial charge in [0.25, 0.3) is 11.8 Å². The van der Waals surface area contributed by atoms with E-state index in [-0.39, 0.29) is 11.5 Å². The van der Waals surface area contributed by atoms with Gasteiger partial charge in [-0.2, -0.15) is 0 Å². The summed E-state index contributed by atoms with van der Waals surface area (Å²) in [5.41, 5.74) is 1.29.